The molecule has 8 nitrogen and oxygen atoms in total. The summed E-state index contributed by atoms with van der Waals surface area (Å²) in [5.74, 6) is -0.601. The van der Waals surface area contributed by atoms with Gasteiger partial charge in [0, 0.05) is 40.7 Å². The van der Waals surface area contributed by atoms with Crippen LogP contribution >= 0.6 is 23.2 Å². The Labute approximate surface area is 221 Å². The van der Waals surface area contributed by atoms with Gasteiger partial charge in [0.15, 0.2) is 0 Å². The van der Waals surface area contributed by atoms with Gasteiger partial charge in [-0.3, -0.25) is 4.79 Å². The van der Waals surface area contributed by atoms with Crippen molar-refractivity contribution in [3.63, 3.8) is 0 Å². The number of amides is 2. The molecule has 1 aliphatic heterocycles. The molecule has 3 rings (SSSR count). The first kappa shape index (κ1) is 27.6. The fourth-order valence-corrected chi connectivity index (χ4v) is 4.55. The molecule has 2 amide bonds. The van der Waals surface area contributed by atoms with Crippen LogP contribution in [0.5, 0.6) is 0 Å². The third-order valence-corrected chi connectivity index (χ3v) is 6.10. The average molecular weight is 536 g/mol. The Morgan fingerprint density at radius 1 is 1.08 bits per heavy atom. The van der Waals surface area contributed by atoms with Crippen LogP contribution in [0.25, 0.3) is 0 Å². The molecule has 2 aromatic carbocycles. The average Bonchev–Trinajstić information content (AvgIpc) is 2.79. The maximum Gasteiger partial charge on any atom is 0.407 e. The van der Waals surface area contributed by atoms with Gasteiger partial charge in [0.1, 0.15) is 11.6 Å². The molecule has 36 heavy (non-hydrogen) atoms. The minimum absolute atomic E-state index is 0.168. The van der Waals surface area contributed by atoms with Gasteiger partial charge in [-0.15, -0.1) is 0 Å². The summed E-state index contributed by atoms with van der Waals surface area (Å²) in [4.78, 5) is 36.8. The zero-order valence-electron chi connectivity index (χ0n) is 20.7. The maximum absolute atomic E-state index is 12.8. The monoisotopic (exact) mass is 535 g/mol. The molecule has 0 unspecified atom stereocenters. The van der Waals surface area contributed by atoms with E-state index in [1.165, 1.54) is 7.11 Å². The van der Waals surface area contributed by atoms with E-state index in [0.717, 1.165) is 11.1 Å². The number of ether oxygens (including phenoxy) is 2. The normalized spacial score (nSPS) is 16.8. The van der Waals surface area contributed by atoms with E-state index in [2.05, 4.69) is 16.0 Å². The highest BCUT2D eigenvalue weighted by Crippen LogP contribution is 2.40. The Bertz CT molecular complexity index is 1120. The summed E-state index contributed by atoms with van der Waals surface area (Å²) in [6.45, 7) is 5.77. The van der Waals surface area contributed by atoms with Crippen LogP contribution in [-0.4, -0.2) is 36.7 Å². The van der Waals surface area contributed by atoms with Crippen molar-refractivity contribution in [2.24, 2.45) is 0 Å². The van der Waals surface area contributed by atoms with Crippen molar-refractivity contribution in [3.8, 4) is 0 Å². The molecular formula is C26H31Cl2N3O5. The minimum atomic E-state index is -0.635. The number of anilines is 1. The lowest BCUT2D eigenvalue weighted by Crippen LogP contribution is -2.41. The molecule has 10 heteroatoms. The Kier molecular flexibility index (Phi) is 9.08. The summed E-state index contributed by atoms with van der Waals surface area (Å²) < 4.78 is 10.1. The fraction of sp³-hybridized carbons (Fsp3) is 0.423. The van der Waals surface area contributed by atoms with Gasteiger partial charge in [-0.1, -0.05) is 47.5 Å². The predicted molar refractivity (Wildman–Crippen MR) is 139 cm³/mol. The number of methoxy groups -OCH3 is 1. The summed E-state index contributed by atoms with van der Waals surface area (Å²) in [6, 6.07) is 9.83. The number of rotatable bonds is 7. The zero-order valence-corrected chi connectivity index (χ0v) is 22.3. The second kappa shape index (κ2) is 11.8. The number of hydrogen-bond donors (Lipinski definition) is 3. The lowest BCUT2D eigenvalue weighted by atomic mass is 9.92. The molecule has 2 atom stereocenters. The van der Waals surface area contributed by atoms with Crippen LogP contribution in [0.1, 0.15) is 56.3 Å². The Balaban J connectivity index is 1.57. The van der Waals surface area contributed by atoms with Crippen molar-refractivity contribution in [1.29, 1.82) is 0 Å². The van der Waals surface area contributed by atoms with Crippen molar-refractivity contribution in [2.75, 3.05) is 12.4 Å². The van der Waals surface area contributed by atoms with Gasteiger partial charge in [-0.05, 0) is 50.5 Å². The molecule has 0 bridgehead atoms. The highest BCUT2D eigenvalue weighted by atomic mass is 35.5. The molecule has 0 saturated carbocycles. The molecule has 1 heterocycles. The standard InChI is InChI=1S/C26H31Cl2N3O5/c1-26(2,3)36-25(34)29-14-16-7-5-15(6-8-16)9-10-22(32)31-20-13-21(24(33)35-4)30-19-12-17(27)11-18(28)23(19)20/h5-8,11-12,20-21,30H,9-10,13-14H2,1-4H3,(H,29,34)(H,31,32)/t20-,21+/m0/s1. The number of hydrogen-bond acceptors (Lipinski definition) is 6. The summed E-state index contributed by atoms with van der Waals surface area (Å²) in [6.07, 6.45) is 0.604. The summed E-state index contributed by atoms with van der Waals surface area (Å²) in [7, 11) is 1.32. The van der Waals surface area contributed by atoms with Crippen LogP contribution in [0, 0.1) is 0 Å². The van der Waals surface area contributed by atoms with Crippen LogP contribution in [0.3, 0.4) is 0 Å². The van der Waals surface area contributed by atoms with Crippen molar-refractivity contribution >= 4 is 46.9 Å². The van der Waals surface area contributed by atoms with E-state index in [1.54, 1.807) is 12.1 Å². The van der Waals surface area contributed by atoms with E-state index >= 15 is 0 Å². The van der Waals surface area contributed by atoms with Crippen LogP contribution in [0.15, 0.2) is 36.4 Å². The SMILES string of the molecule is COC(=O)[C@H]1C[C@H](NC(=O)CCc2ccc(CNC(=O)OC(C)(C)C)cc2)c2c(Cl)cc(Cl)cc2N1. The largest absolute Gasteiger partial charge is 0.467 e. The van der Waals surface area contributed by atoms with Gasteiger partial charge in [-0.25, -0.2) is 9.59 Å². The fourth-order valence-electron chi connectivity index (χ4n) is 3.92. The van der Waals surface area contributed by atoms with Crippen molar-refractivity contribution in [3.05, 3.63) is 63.1 Å². The van der Waals surface area contributed by atoms with Crippen molar-refractivity contribution in [2.45, 2.75) is 64.3 Å². The van der Waals surface area contributed by atoms with Crippen LogP contribution in [0.4, 0.5) is 10.5 Å². The highest BCUT2D eigenvalue weighted by Gasteiger charge is 2.34. The molecule has 0 spiro atoms. The lowest BCUT2D eigenvalue weighted by molar-refractivity contribution is -0.142. The number of fused-ring (bicyclic) bond motifs is 1. The zero-order chi connectivity index (χ0) is 26.5. The molecule has 0 fully saturated rings. The van der Waals surface area contributed by atoms with Gasteiger partial charge < -0.3 is 25.4 Å². The molecule has 0 aliphatic carbocycles. The van der Waals surface area contributed by atoms with Gasteiger partial charge in [0.2, 0.25) is 5.91 Å². The van der Waals surface area contributed by atoms with E-state index in [-0.39, 0.29) is 12.3 Å². The smallest absolute Gasteiger partial charge is 0.407 e. The lowest BCUT2D eigenvalue weighted by Gasteiger charge is -2.33. The van der Waals surface area contributed by atoms with Gasteiger partial charge >= 0.3 is 12.1 Å². The van der Waals surface area contributed by atoms with Gasteiger partial charge in [-0.2, -0.15) is 0 Å². The molecule has 2 aromatic rings. The molecule has 194 valence electrons. The highest BCUT2D eigenvalue weighted by molar-refractivity contribution is 6.35. The van der Waals surface area contributed by atoms with E-state index in [0.29, 0.717) is 40.7 Å². The van der Waals surface area contributed by atoms with E-state index in [9.17, 15) is 14.4 Å². The summed E-state index contributed by atoms with van der Waals surface area (Å²) in [5, 5.41) is 9.65. The summed E-state index contributed by atoms with van der Waals surface area (Å²) in [5.41, 5.74) is 2.63. The molecular weight excluding hydrogens is 505 g/mol. The summed E-state index contributed by atoms with van der Waals surface area (Å²) >= 11 is 12.6. The van der Waals surface area contributed by atoms with Crippen LogP contribution < -0.4 is 16.0 Å². The molecule has 0 aromatic heterocycles. The third-order valence-electron chi connectivity index (χ3n) is 5.56. The number of carbonyl (C=O) groups excluding carboxylic acids is 3. The second-order valence-corrected chi connectivity index (χ2v) is 10.4. The van der Waals surface area contributed by atoms with Crippen LogP contribution in [-0.2, 0) is 32.0 Å². The number of alkyl carbamates (subject to hydrolysis) is 1. The molecule has 3 N–H and O–H groups in total. The first-order valence-electron chi connectivity index (χ1n) is 11.6. The number of carbonyl (C=O) groups is 3. The number of nitrogens with one attached hydrogen (secondary N) is 3. The molecule has 1 aliphatic rings. The molecule has 0 saturated heterocycles. The Morgan fingerprint density at radius 2 is 1.75 bits per heavy atom. The molecule has 0 radical (unpaired) electrons. The van der Waals surface area contributed by atoms with E-state index in [4.69, 9.17) is 32.7 Å². The second-order valence-electron chi connectivity index (χ2n) is 9.60. The number of benzene rings is 2. The quantitative estimate of drug-likeness (QED) is 0.422. The van der Waals surface area contributed by atoms with Gasteiger partial charge in [0.05, 0.1) is 13.2 Å². The van der Waals surface area contributed by atoms with Crippen molar-refractivity contribution < 1.29 is 23.9 Å². The predicted octanol–water partition coefficient (Wildman–Crippen LogP) is 5.17. The first-order valence-corrected chi connectivity index (χ1v) is 12.4. The van der Waals surface area contributed by atoms with Gasteiger partial charge in [0.25, 0.3) is 0 Å². The Hall–Kier alpha value is -2.97. The van der Waals surface area contributed by atoms with Crippen LogP contribution in [0.2, 0.25) is 10.0 Å². The number of halogens is 2. The van der Waals surface area contributed by atoms with E-state index < -0.39 is 29.7 Å². The topological polar surface area (TPSA) is 106 Å². The van der Waals surface area contributed by atoms with Crippen molar-refractivity contribution in [1.82, 2.24) is 10.6 Å². The number of esters is 1. The third kappa shape index (κ3) is 7.77. The Morgan fingerprint density at radius 3 is 2.39 bits per heavy atom. The maximum atomic E-state index is 12.8. The van der Waals surface area contributed by atoms with E-state index in [1.807, 2.05) is 45.0 Å². The first-order chi connectivity index (χ1) is 16.9. The number of aryl methyl sites for hydroxylation is 1. The minimum Gasteiger partial charge on any atom is -0.467 e.